The molecule has 2 aromatic heterocycles. The van der Waals surface area contributed by atoms with Crippen LogP contribution in [0.2, 0.25) is 5.04 Å². The van der Waals surface area contributed by atoms with Crippen LogP contribution in [0.25, 0.3) is 11.2 Å². The molecule has 1 fully saturated rings. The van der Waals surface area contributed by atoms with Gasteiger partial charge in [-0.25, -0.2) is 15.0 Å². The highest BCUT2D eigenvalue weighted by Gasteiger charge is 2.53. The molecule has 5 atom stereocenters. The second-order valence-corrected chi connectivity index (χ2v) is 17.8. The first-order valence-corrected chi connectivity index (χ1v) is 19.0. The SMILES string of the molecule is CC(OCCCl)O[C@@H]1[C@H](O)[C@@H](CO[Si](c2ccccc2)(c2ccccc2)C(C)(C)C)O[C@H]1n1cnc2c(NC(=O)c3ccccc3)ncnc21. The number of anilines is 1. The monoisotopic (exact) mass is 715 g/mol. The maximum Gasteiger partial charge on any atom is 0.261 e. The molecule has 1 aliphatic rings. The van der Waals surface area contributed by atoms with E-state index in [-0.39, 0.29) is 35.9 Å². The van der Waals surface area contributed by atoms with Crippen LogP contribution in [0.1, 0.15) is 44.3 Å². The van der Waals surface area contributed by atoms with E-state index >= 15 is 0 Å². The zero-order valence-electron chi connectivity index (χ0n) is 28.5. The van der Waals surface area contributed by atoms with Gasteiger partial charge in [0.15, 0.2) is 29.5 Å². The second-order valence-electron chi connectivity index (χ2n) is 13.1. The Morgan fingerprint density at radius 1 is 0.980 bits per heavy atom. The van der Waals surface area contributed by atoms with Gasteiger partial charge in [-0.15, -0.1) is 11.6 Å². The number of fused-ring (bicyclic) bond motifs is 1. The lowest BCUT2D eigenvalue weighted by Gasteiger charge is -2.43. The molecular formula is C37H42ClN5O6Si. The van der Waals surface area contributed by atoms with Crippen molar-refractivity contribution in [1.29, 1.82) is 0 Å². The quantitative estimate of drug-likeness (QED) is 0.0994. The third kappa shape index (κ3) is 7.24. The fraction of sp³-hybridized carbons (Fsp3) is 0.351. The van der Waals surface area contributed by atoms with E-state index in [0.29, 0.717) is 16.7 Å². The van der Waals surface area contributed by atoms with E-state index in [1.165, 1.54) is 6.33 Å². The molecule has 5 aromatic rings. The number of hydrogen-bond donors (Lipinski definition) is 2. The summed E-state index contributed by atoms with van der Waals surface area (Å²) in [7, 11) is -2.95. The van der Waals surface area contributed by atoms with Gasteiger partial charge in [0.2, 0.25) is 0 Å². The fourth-order valence-corrected chi connectivity index (χ4v) is 11.2. The maximum absolute atomic E-state index is 13.0. The molecule has 0 aliphatic carbocycles. The molecule has 1 unspecified atom stereocenters. The normalized spacial score (nSPS) is 20.2. The Morgan fingerprint density at radius 2 is 1.60 bits per heavy atom. The fourth-order valence-electron chi connectivity index (χ4n) is 6.57. The zero-order valence-corrected chi connectivity index (χ0v) is 30.2. The highest BCUT2D eigenvalue weighted by atomic mass is 35.5. The molecule has 0 saturated carbocycles. The molecule has 1 amide bonds. The van der Waals surface area contributed by atoms with E-state index in [1.54, 1.807) is 42.1 Å². The average Bonchev–Trinajstić information content (AvgIpc) is 3.69. The van der Waals surface area contributed by atoms with E-state index in [1.807, 2.05) is 42.5 Å². The minimum atomic E-state index is -2.95. The topological polar surface area (TPSA) is 130 Å². The minimum absolute atomic E-state index is 0.0850. The van der Waals surface area contributed by atoms with Crippen molar-refractivity contribution in [2.75, 3.05) is 24.4 Å². The number of imidazole rings is 1. The molecule has 50 heavy (non-hydrogen) atoms. The summed E-state index contributed by atoms with van der Waals surface area (Å²) in [5, 5.41) is 16.7. The summed E-state index contributed by atoms with van der Waals surface area (Å²) in [5.41, 5.74) is 1.22. The Morgan fingerprint density at radius 3 is 2.20 bits per heavy atom. The van der Waals surface area contributed by atoms with Crippen molar-refractivity contribution in [2.24, 2.45) is 0 Å². The highest BCUT2D eigenvalue weighted by Crippen LogP contribution is 2.39. The van der Waals surface area contributed by atoms with Crippen molar-refractivity contribution in [2.45, 2.75) is 63.6 Å². The van der Waals surface area contributed by atoms with Crippen LogP contribution in [-0.2, 0) is 18.6 Å². The van der Waals surface area contributed by atoms with Crippen LogP contribution in [0.15, 0.2) is 104 Å². The van der Waals surface area contributed by atoms with Gasteiger partial charge < -0.3 is 29.1 Å². The van der Waals surface area contributed by atoms with Gasteiger partial charge in [-0.2, -0.15) is 0 Å². The third-order valence-electron chi connectivity index (χ3n) is 8.87. The molecule has 1 aliphatic heterocycles. The molecule has 13 heteroatoms. The van der Waals surface area contributed by atoms with E-state index in [2.05, 4.69) is 65.3 Å². The first kappa shape index (κ1) is 35.8. The Kier molecular flexibility index (Phi) is 11.1. The lowest BCUT2D eigenvalue weighted by atomic mass is 10.1. The van der Waals surface area contributed by atoms with Crippen molar-refractivity contribution in [3.05, 3.63) is 109 Å². The molecule has 3 heterocycles. The number of halogens is 1. The Bertz CT molecular complexity index is 1820. The molecule has 2 N–H and O–H groups in total. The number of ether oxygens (including phenoxy) is 3. The predicted octanol–water partition coefficient (Wildman–Crippen LogP) is 4.90. The smallest absolute Gasteiger partial charge is 0.261 e. The van der Waals surface area contributed by atoms with Gasteiger partial charge >= 0.3 is 0 Å². The van der Waals surface area contributed by atoms with Gasteiger partial charge in [-0.3, -0.25) is 9.36 Å². The molecule has 11 nitrogen and oxygen atoms in total. The number of carbonyl (C=O) groups is 1. The van der Waals surface area contributed by atoms with Crippen LogP contribution in [0, 0.1) is 0 Å². The van der Waals surface area contributed by atoms with Gasteiger partial charge in [-0.1, -0.05) is 99.6 Å². The lowest BCUT2D eigenvalue weighted by Crippen LogP contribution is -2.67. The number of rotatable bonds is 13. The molecule has 3 aromatic carbocycles. The summed E-state index contributed by atoms with van der Waals surface area (Å²) in [5.74, 6) is 0.194. The average molecular weight is 716 g/mol. The molecule has 0 radical (unpaired) electrons. The molecule has 1 saturated heterocycles. The van der Waals surface area contributed by atoms with Crippen LogP contribution in [-0.4, -0.2) is 82.5 Å². The summed E-state index contributed by atoms with van der Waals surface area (Å²) in [6, 6.07) is 29.4. The summed E-state index contributed by atoms with van der Waals surface area (Å²) in [4.78, 5) is 26.3. The van der Waals surface area contributed by atoms with E-state index in [9.17, 15) is 9.90 Å². The number of aromatic nitrogens is 4. The second kappa shape index (κ2) is 15.5. The van der Waals surface area contributed by atoms with E-state index < -0.39 is 39.1 Å². The number of aliphatic hydroxyl groups is 1. The molecule has 6 rings (SSSR count). The molecule has 0 spiro atoms. The van der Waals surface area contributed by atoms with E-state index in [4.69, 9.17) is 30.2 Å². The predicted molar refractivity (Wildman–Crippen MR) is 194 cm³/mol. The number of alkyl halides is 1. The maximum atomic E-state index is 13.0. The van der Waals surface area contributed by atoms with Crippen LogP contribution in [0.3, 0.4) is 0 Å². The van der Waals surface area contributed by atoms with Gasteiger partial charge in [0, 0.05) is 11.4 Å². The van der Waals surface area contributed by atoms with Gasteiger partial charge in [0.05, 0.1) is 19.5 Å². The summed E-state index contributed by atoms with van der Waals surface area (Å²) in [6.07, 6.45) is -1.50. The summed E-state index contributed by atoms with van der Waals surface area (Å²) < 4.78 is 27.5. The highest BCUT2D eigenvalue weighted by molar-refractivity contribution is 6.99. The van der Waals surface area contributed by atoms with Crippen LogP contribution in [0.4, 0.5) is 5.82 Å². The Hall–Kier alpha value is -4.01. The molecule has 0 bridgehead atoms. The van der Waals surface area contributed by atoms with Gasteiger partial charge in [0.1, 0.15) is 24.6 Å². The number of nitrogens with one attached hydrogen (secondary N) is 1. The van der Waals surface area contributed by atoms with Gasteiger partial charge in [0.25, 0.3) is 14.2 Å². The van der Waals surface area contributed by atoms with Crippen molar-refractivity contribution < 1.29 is 28.5 Å². The Labute approximate surface area is 297 Å². The summed E-state index contributed by atoms with van der Waals surface area (Å²) in [6.45, 7) is 8.68. The van der Waals surface area contributed by atoms with E-state index in [0.717, 1.165) is 10.4 Å². The molecular weight excluding hydrogens is 674 g/mol. The molecule has 262 valence electrons. The van der Waals surface area contributed by atoms with Crippen molar-refractivity contribution >= 4 is 53.2 Å². The number of carbonyl (C=O) groups excluding carboxylic acids is 1. The van der Waals surface area contributed by atoms with Gasteiger partial charge in [-0.05, 0) is 34.5 Å². The van der Waals surface area contributed by atoms with Crippen LogP contribution in [0.5, 0.6) is 0 Å². The number of amides is 1. The number of benzene rings is 3. The Balaban J connectivity index is 1.33. The van der Waals surface area contributed by atoms with Crippen molar-refractivity contribution in [3.8, 4) is 0 Å². The van der Waals surface area contributed by atoms with Crippen molar-refractivity contribution in [1.82, 2.24) is 19.5 Å². The first-order chi connectivity index (χ1) is 24.1. The van der Waals surface area contributed by atoms with Crippen molar-refractivity contribution in [3.63, 3.8) is 0 Å². The standard InChI is InChI=1S/C37H42ClN5O6Si/c1-25(46-21-20-38)48-32-31(44)29(22-47-50(37(2,3)4,27-16-10-6-11-17-27)28-18-12-7-13-19-28)49-36(32)43-24-41-30-33(39-23-40-34(30)43)42-35(45)26-14-8-5-9-15-26/h5-19,23-25,29,31-32,36,44H,20-22H2,1-4H3,(H,39,40,42,45)/t25?,29-,31-,32-,36-/m1/s1. The minimum Gasteiger partial charge on any atom is -0.405 e. The van der Waals surface area contributed by atoms with Crippen LogP contribution >= 0.6 is 11.6 Å². The number of hydrogen-bond acceptors (Lipinski definition) is 9. The number of aliphatic hydroxyl groups excluding tert-OH is 1. The summed E-state index contributed by atoms with van der Waals surface area (Å²) >= 11 is 5.88. The number of nitrogens with zero attached hydrogens (tertiary/aromatic N) is 4. The largest absolute Gasteiger partial charge is 0.405 e. The lowest BCUT2D eigenvalue weighted by molar-refractivity contribution is -0.190. The van der Waals surface area contributed by atoms with Crippen LogP contribution < -0.4 is 15.7 Å². The third-order valence-corrected chi connectivity index (χ3v) is 14.0. The zero-order chi connectivity index (χ0) is 35.3. The first-order valence-electron chi connectivity index (χ1n) is 16.6.